The summed E-state index contributed by atoms with van der Waals surface area (Å²) in [5, 5.41) is 19.5. The van der Waals surface area contributed by atoms with E-state index in [4.69, 9.17) is 9.84 Å². The standard InChI is InChI=1S/C27H35N7O2S/c1-5-21(9-8-20(2)18-34(4)14-13-33(3)15-16-35)19-36-27-30-12-10-23(32-27)22(17-28)25-31-24-7-6-11-29-26(24)37-25/h5-12,20,22,35H,13-16,18-19H2,1-4H3. The molecule has 0 fully saturated rings. The van der Waals surface area contributed by atoms with Crippen LogP contribution in [0.25, 0.3) is 10.3 Å². The van der Waals surface area contributed by atoms with Crippen LogP contribution in [-0.2, 0) is 0 Å². The van der Waals surface area contributed by atoms with Crippen molar-refractivity contribution in [2.24, 2.45) is 5.92 Å². The molecule has 9 nitrogen and oxygen atoms in total. The monoisotopic (exact) mass is 521 g/mol. The highest BCUT2D eigenvalue weighted by Gasteiger charge is 2.21. The second-order valence-electron chi connectivity index (χ2n) is 8.98. The van der Waals surface area contributed by atoms with Gasteiger partial charge in [-0.05, 0) is 50.7 Å². The van der Waals surface area contributed by atoms with E-state index in [2.05, 4.69) is 61.9 Å². The van der Waals surface area contributed by atoms with Crippen molar-refractivity contribution in [1.29, 1.82) is 5.26 Å². The van der Waals surface area contributed by atoms with Gasteiger partial charge in [-0.1, -0.05) is 36.5 Å². The molecule has 3 rings (SSSR count). The third-order valence-electron chi connectivity index (χ3n) is 5.83. The molecule has 0 aliphatic heterocycles. The van der Waals surface area contributed by atoms with Crippen molar-refractivity contribution >= 4 is 21.7 Å². The van der Waals surface area contributed by atoms with Gasteiger partial charge in [0.05, 0.1) is 18.4 Å². The van der Waals surface area contributed by atoms with Gasteiger partial charge in [0.2, 0.25) is 0 Å². The molecule has 0 saturated carbocycles. The maximum Gasteiger partial charge on any atom is 0.316 e. The van der Waals surface area contributed by atoms with E-state index in [-0.39, 0.29) is 12.6 Å². The minimum absolute atomic E-state index is 0.183. The summed E-state index contributed by atoms with van der Waals surface area (Å²) in [6.07, 6.45) is 9.58. The van der Waals surface area contributed by atoms with Gasteiger partial charge >= 0.3 is 6.01 Å². The smallest absolute Gasteiger partial charge is 0.316 e. The Kier molecular flexibility index (Phi) is 11.1. The number of likely N-dealkylation sites (N-methyl/N-ethyl adjacent to an activating group) is 2. The molecule has 0 bridgehead atoms. The lowest BCUT2D eigenvalue weighted by Gasteiger charge is -2.23. The van der Waals surface area contributed by atoms with Crippen LogP contribution in [-0.4, -0.2) is 88.3 Å². The largest absolute Gasteiger partial charge is 0.459 e. The van der Waals surface area contributed by atoms with Gasteiger partial charge in [0, 0.05) is 38.6 Å². The molecular formula is C27H35N7O2S. The van der Waals surface area contributed by atoms with Crippen LogP contribution in [0.4, 0.5) is 0 Å². The van der Waals surface area contributed by atoms with Gasteiger partial charge < -0.3 is 19.6 Å². The van der Waals surface area contributed by atoms with E-state index in [0.29, 0.717) is 29.8 Å². The first kappa shape index (κ1) is 28.3. The number of nitriles is 1. The quantitative estimate of drug-likeness (QED) is 0.319. The van der Waals surface area contributed by atoms with Crippen LogP contribution in [0.5, 0.6) is 6.01 Å². The first-order chi connectivity index (χ1) is 17.9. The van der Waals surface area contributed by atoms with Gasteiger partial charge in [-0.2, -0.15) is 10.2 Å². The van der Waals surface area contributed by atoms with Crippen molar-refractivity contribution in [1.82, 2.24) is 29.7 Å². The summed E-state index contributed by atoms with van der Waals surface area (Å²) < 4.78 is 5.87. The van der Waals surface area contributed by atoms with Crippen molar-refractivity contribution in [3.63, 3.8) is 0 Å². The number of thiazole rings is 1. The Morgan fingerprint density at radius 3 is 2.70 bits per heavy atom. The molecule has 37 heavy (non-hydrogen) atoms. The first-order valence-electron chi connectivity index (χ1n) is 12.3. The number of hydrogen-bond donors (Lipinski definition) is 1. The molecule has 0 aliphatic carbocycles. The summed E-state index contributed by atoms with van der Waals surface area (Å²) in [5.74, 6) is -0.255. The van der Waals surface area contributed by atoms with Gasteiger partial charge in [-0.3, -0.25) is 0 Å². The summed E-state index contributed by atoms with van der Waals surface area (Å²) in [4.78, 5) is 22.8. The molecule has 0 amide bonds. The van der Waals surface area contributed by atoms with Crippen LogP contribution in [0.2, 0.25) is 0 Å². The van der Waals surface area contributed by atoms with Crippen LogP contribution in [0.1, 0.15) is 30.5 Å². The number of rotatable bonds is 14. The predicted molar refractivity (Wildman–Crippen MR) is 147 cm³/mol. The molecule has 2 atom stereocenters. The molecule has 0 spiro atoms. The Hall–Kier alpha value is -3.23. The topological polar surface area (TPSA) is 111 Å². The fraction of sp³-hybridized carbons (Fsp3) is 0.444. The third kappa shape index (κ3) is 8.68. The predicted octanol–water partition coefficient (Wildman–Crippen LogP) is 3.51. The van der Waals surface area contributed by atoms with Crippen molar-refractivity contribution in [3.05, 3.63) is 65.1 Å². The maximum absolute atomic E-state index is 9.84. The zero-order valence-corrected chi connectivity index (χ0v) is 22.7. The Balaban J connectivity index is 1.55. The highest BCUT2D eigenvalue weighted by atomic mass is 32.1. The van der Waals surface area contributed by atoms with Crippen molar-refractivity contribution < 1.29 is 9.84 Å². The van der Waals surface area contributed by atoms with Crippen LogP contribution in [0.15, 0.2) is 54.4 Å². The molecule has 0 radical (unpaired) electrons. The molecule has 2 unspecified atom stereocenters. The third-order valence-corrected chi connectivity index (χ3v) is 6.88. The molecule has 0 aromatic carbocycles. The Bertz CT molecular complexity index is 1200. The lowest BCUT2D eigenvalue weighted by molar-refractivity contribution is 0.198. The molecule has 3 aromatic rings. The fourth-order valence-corrected chi connectivity index (χ4v) is 4.64. The number of aromatic nitrogens is 4. The average Bonchev–Trinajstić information content (AvgIpc) is 3.32. The van der Waals surface area contributed by atoms with E-state index >= 15 is 0 Å². The van der Waals surface area contributed by atoms with E-state index in [1.807, 2.05) is 32.2 Å². The van der Waals surface area contributed by atoms with Gasteiger partial charge in [0.1, 0.15) is 27.9 Å². The normalized spacial score (nSPS) is 13.9. The average molecular weight is 522 g/mol. The van der Waals surface area contributed by atoms with Crippen LogP contribution in [0, 0.1) is 17.2 Å². The van der Waals surface area contributed by atoms with E-state index in [1.165, 1.54) is 11.3 Å². The van der Waals surface area contributed by atoms with E-state index < -0.39 is 5.92 Å². The molecule has 0 saturated heterocycles. The van der Waals surface area contributed by atoms with Crippen molar-refractivity contribution in [2.45, 2.75) is 19.8 Å². The zero-order chi connectivity index (χ0) is 26.6. The van der Waals surface area contributed by atoms with Crippen molar-refractivity contribution in [3.8, 4) is 12.1 Å². The Labute approximate surface area is 222 Å². The van der Waals surface area contributed by atoms with Gasteiger partial charge in [0.25, 0.3) is 0 Å². The molecular weight excluding hydrogens is 486 g/mol. The summed E-state index contributed by atoms with van der Waals surface area (Å²) in [7, 11) is 4.13. The Morgan fingerprint density at radius 2 is 1.97 bits per heavy atom. The summed E-state index contributed by atoms with van der Waals surface area (Å²) in [6, 6.07) is 7.96. The molecule has 196 valence electrons. The number of ether oxygens (including phenoxy) is 1. The number of aliphatic hydroxyl groups is 1. The lowest BCUT2D eigenvalue weighted by Crippen LogP contribution is -2.34. The summed E-state index contributed by atoms with van der Waals surface area (Å²) in [6.45, 7) is 8.16. The number of hydrogen-bond acceptors (Lipinski definition) is 10. The van der Waals surface area contributed by atoms with Crippen LogP contribution in [0.3, 0.4) is 0 Å². The van der Waals surface area contributed by atoms with Gasteiger partial charge in [-0.15, -0.1) is 0 Å². The molecule has 0 aliphatic rings. The lowest BCUT2D eigenvalue weighted by atomic mass is 10.1. The SMILES string of the molecule is CC=C(C=CC(C)CN(C)CCN(C)CCO)COc1nccc(C(C#N)c2nc3cccnc3s2)n1. The fourth-order valence-electron chi connectivity index (χ4n) is 3.67. The van der Waals surface area contributed by atoms with E-state index in [0.717, 1.165) is 35.6 Å². The molecule has 1 N–H and O–H groups in total. The number of allylic oxidation sites excluding steroid dienone is 1. The second kappa shape index (κ2) is 14.5. The Morgan fingerprint density at radius 1 is 1.16 bits per heavy atom. The van der Waals surface area contributed by atoms with E-state index in [1.54, 1.807) is 18.5 Å². The minimum Gasteiger partial charge on any atom is -0.459 e. The highest BCUT2D eigenvalue weighted by Crippen LogP contribution is 2.30. The maximum atomic E-state index is 9.84. The van der Waals surface area contributed by atoms with E-state index in [9.17, 15) is 5.26 Å². The molecule has 10 heteroatoms. The number of fused-ring (bicyclic) bond motifs is 1. The number of aliphatic hydroxyl groups excluding tert-OH is 1. The first-order valence-corrected chi connectivity index (χ1v) is 13.1. The molecule has 3 aromatic heterocycles. The van der Waals surface area contributed by atoms with Crippen molar-refractivity contribution in [2.75, 3.05) is 53.5 Å². The zero-order valence-electron chi connectivity index (χ0n) is 21.9. The minimum atomic E-state index is -0.619. The second-order valence-corrected chi connectivity index (χ2v) is 9.99. The highest BCUT2D eigenvalue weighted by molar-refractivity contribution is 7.18. The van der Waals surface area contributed by atoms with Crippen LogP contribution < -0.4 is 4.74 Å². The van der Waals surface area contributed by atoms with Gasteiger partial charge in [0.15, 0.2) is 0 Å². The molecule has 3 heterocycles. The summed E-state index contributed by atoms with van der Waals surface area (Å²) >= 11 is 1.39. The van der Waals surface area contributed by atoms with Crippen LogP contribution >= 0.6 is 11.3 Å². The van der Waals surface area contributed by atoms with Gasteiger partial charge in [-0.25, -0.2) is 15.0 Å². The number of pyridine rings is 1. The number of nitrogens with zero attached hydrogens (tertiary/aromatic N) is 7. The summed E-state index contributed by atoms with van der Waals surface area (Å²) in [5.41, 5.74) is 2.33.